The normalized spacial score (nSPS) is 11.5. The molecule has 0 N–H and O–H groups in total. The van der Waals surface area contributed by atoms with E-state index in [1.54, 1.807) is 19.9 Å². The predicted molar refractivity (Wildman–Crippen MR) is 57.6 cm³/mol. The average Bonchev–Trinajstić information content (AvgIpc) is 2.20. The number of halogens is 3. The number of Topliss-reactive ketones (excluding diaryl/α,β-unsaturated/α-hetero) is 1. The number of hydrogen-bond acceptors (Lipinski definition) is 2. The maximum absolute atomic E-state index is 12.5. The maximum atomic E-state index is 12.5. The van der Waals surface area contributed by atoms with Crippen LogP contribution in [0.5, 0.6) is 5.75 Å². The van der Waals surface area contributed by atoms with Crippen LogP contribution in [0.2, 0.25) is 0 Å². The molecule has 0 saturated heterocycles. The van der Waals surface area contributed by atoms with E-state index >= 15 is 0 Å². The van der Waals surface area contributed by atoms with E-state index in [4.69, 9.17) is 4.74 Å². The average molecular weight is 246 g/mol. The van der Waals surface area contributed by atoms with E-state index in [2.05, 4.69) is 0 Å². The lowest BCUT2D eigenvalue weighted by molar-refractivity contribution is -0.0887. The van der Waals surface area contributed by atoms with Crippen molar-refractivity contribution in [3.63, 3.8) is 0 Å². The molecule has 0 saturated carbocycles. The Kier molecular flexibility index (Phi) is 3.50. The predicted octanol–water partition coefficient (Wildman–Crippen LogP) is 3.37. The molecule has 0 spiro atoms. The molecular weight excluding hydrogens is 233 g/mol. The molecular formula is C12H13F3O2. The third kappa shape index (κ3) is 2.43. The fourth-order valence-electron chi connectivity index (χ4n) is 1.73. The molecule has 0 fully saturated rings. The standard InChI is InChI=1S/C12H13F3O2/c1-6-5-7(2)9(10(17-4)8(6)3)11(16)12(13,14)15/h5H,1-4H3. The molecule has 2 nitrogen and oxygen atoms in total. The van der Waals surface area contributed by atoms with Crippen molar-refractivity contribution in [2.75, 3.05) is 7.11 Å². The molecule has 0 atom stereocenters. The lowest BCUT2D eigenvalue weighted by atomic mass is 9.96. The van der Waals surface area contributed by atoms with Gasteiger partial charge in [0.2, 0.25) is 0 Å². The largest absolute Gasteiger partial charge is 0.496 e. The van der Waals surface area contributed by atoms with Crippen LogP contribution in [0.3, 0.4) is 0 Å². The van der Waals surface area contributed by atoms with E-state index in [-0.39, 0.29) is 11.3 Å². The monoisotopic (exact) mass is 246 g/mol. The van der Waals surface area contributed by atoms with Crippen LogP contribution in [0.15, 0.2) is 6.07 Å². The van der Waals surface area contributed by atoms with E-state index in [0.717, 1.165) is 5.56 Å². The van der Waals surface area contributed by atoms with Gasteiger partial charge < -0.3 is 4.74 Å². The molecule has 0 heterocycles. The first-order valence-corrected chi connectivity index (χ1v) is 4.96. The Labute approximate surface area is 97.4 Å². The molecule has 0 aliphatic carbocycles. The van der Waals surface area contributed by atoms with Crippen molar-refractivity contribution in [3.8, 4) is 5.75 Å². The summed E-state index contributed by atoms with van der Waals surface area (Å²) < 4.78 is 42.3. The first kappa shape index (κ1) is 13.5. The Morgan fingerprint density at radius 2 is 1.71 bits per heavy atom. The van der Waals surface area contributed by atoms with E-state index in [0.29, 0.717) is 5.56 Å². The molecule has 0 radical (unpaired) electrons. The summed E-state index contributed by atoms with van der Waals surface area (Å²) in [5.74, 6) is -1.86. The number of aryl methyl sites for hydroxylation is 2. The van der Waals surface area contributed by atoms with Crippen LogP contribution in [0, 0.1) is 20.8 Å². The van der Waals surface area contributed by atoms with Gasteiger partial charge in [-0.1, -0.05) is 6.07 Å². The number of ketones is 1. The summed E-state index contributed by atoms with van der Waals surface area (Å²) in [4.78, 5) is 11.3. The second-order valence-corrected chi connectivity index (χ2v) is 3.87. The minimum absolute atomic E-state index is 0.00447. The molecule has 1 aromatic rings. The minimum Gasteiger partial charge on any atom is -0.496 e. The van der Waals surface area contributed by atoms with E-state index in [1.165, 1.54) is 14.0 Å². The molecule has 0 unspecified atom stereocenters. The first-order valence-electron chi connectivity index (χ1n) is 4.96. The van der Waals surface area contributed by atoms with E-state index in [9.17, 15) is 18.0 Å². The Hall–Kier alpha value is -1.52. The summed E-state index contributed by atoms with van der Waals surface area (Å²) in [6.45, 7) is 4.85. The van der Waals surface area contributed by atoms with Crippen molar-refractivity contribution in [1.82, 2.24) is 0 Å². The molecule has 0 aliphatic rings. The number of alkyl halides is 3. The zero-order chi connectivity index (χ0) is 13.4. The highest BCUT2D eigenvalue weighted by atomic mass is 19.4. The summed E-state index contributed by atoms with van der Waals surface area (Å²) in [5.41, 5.74) is 1.21. The first-order chi connectivity index (χ1) is 7.70. The summed E-state index contributed by atoms with van der Waals surface area (Å²) in [6.07, 6.45) is -4.89. The van der Waals surface area contributed by atoms with Crippen LogP contribution in [-0.2, 0) is 0 Å². The van der Waals surface area contributed by atoms with E-state index in [1.807, 2.05) is 0 Å². The third-order valence-electron chi connectivity index (χ3n) is 2.68. The quantitative estimate of drug-likeness (QED) is 0.748. The van der Waals surface area contributed by atoms with Gasteiger partial charge in [0.25, 0.3) is 5.78 Å². The summed E-state index contributed by atoms with van der Waals surface area (Å²) in [6, 6.07) is 1.55. The van der Waals surface area contributed by atoms with Crippen LogP contribution in [0.25, 0.3) is 0 Å². The van der Waals surface area contributed by atoms with Crippen LogP contribution in [0.1, 0.15) is 27.0 Å². The van der Waals surface area contributed by atoms with E-state index < -0.39 is 17.5 Å². The van der Waals surface area contributed by atoms with Crippen LogP contribution in [-0.4, -0.2) is 19.1 Å². The minimum atomic E-state index is -4.89. The lowest BCUT2D eigenvalue weighted by Crippen LogP contribution is -2.24. The molecule has 1 rings (SSSR count). The van der Waals surface area contributed by atoms with Gasteiger partial charge in [-0.05, 0) is 37.5 Å². The van der Waals surface area contributed by atoms with Crippen LogP contribution < -0.4 is 4.74 Å². The summed E-state index contributed by atoms with van der Waals surface area (Å²) >= 11 is 0. The van der Waals surface area contributed by atoms with Gasteiger partial charge in [-0.15, -0.1) is 0 Å². The molecule has 17 heavy (non-hydrogen) atoms. The number of rotatable bonds is 2. The molecule has 1 aromatic carbocycles. The SMILES string of the molecule is COc1c(C)c(C)cc(C)c1C(=O)C(F)(F)F. The highest BCUT2D eigenvalue weighted by molar-refractivity contribution is 6.04. The van der Waals surface area contributed by atoms with Gasteiger partial charge in [0.1, 0.15) is 5.75 Å². The van der Waals surface area contributed by atoms with Crippen molar-refractivity contribution in [2.24, 2.45) is 0 Å². The number of methoxy groups -OCH3 is 1. The zero-order valence-electron chi connectivity index (χ0n) is 10.0. The zero-order valence-corrected chi connectivity index (χ0v) is 10.0. The molecule has 0 bridgehead atoms. The highest BCUT2D eigenvalue weighted by Crippen LogP contribution is 2.34. The smallest absolute Gasteiger partial charge is 0.455 e. The van der Waals surface area contributed by atoms with Gasteiger partial charge in [0, 0.05) is 0 Å². The molecule has 94 valence electrons. The summed E-state index contributed by atoms with van der Waals surface area (Å²) in [5, 5.41) is 0. The van der Waals surface area contributed by atoms with Gasteiger partial charge in [-0.25, -0.2) is 0 Å². The maximum Gasteiger partial charge on any atom is 0.455 e. The Morgan fingerprint density at radius 1 is 1.18 bits per heavy atom. The Bertz CT molecular complexity index is 462. The van der Waals surface area contributed by atoms with Gasteiger partial charge >= 0.3 is 6.18 Å². The molecule has 0 amide bonds. The number of benzene rings is 1. The van der Waals surface area contributed by atoms with Crippen molar-refractivity contribution in [1.29, 1.82) is 0 Å². The lowest BCUT2D eigenvalue weighted by Gasteiger charge is -2.16. The van der Waals surface area contributed by atoms with Crippen molar-refractivity contribution in [2.45, 2.75) is 26.9 Å². The van der Waals surface area contributed by atoms with Crippen molar-refractivity contribution in [3.05, 3.63) is 28.3 Å². The number of carbonyl (C=O) groups excluding carboxylic acids is 1. The summed E-state index contributed by atoms with van der Waals surface area (Å²) in [7, 11) is 1.26. The fourth-order valence-corrected chi connectivity index (χ4v) is 1.73. The number of ether oxygens (including phenoxy) is 1. The van der Waals surface area contributed by atoms with Crippen LogP contribution >= 0.6 is 0 Å². The van der Waals surface area contributed by atoms with Gasteiger partial charge in [-0.3, -0.25) is 4.79 Å². The second-order valence-electron chi connectivity index (χ2n) is 3.87. The Balaban J connectivity index is 3.53. The highest BCUT2D eigenvalue weighted by Gasteiger charge is 2.42. The number of carbonyl (C=O) groups is 1. The third-order valence-corrected chi connectivity index (χ3v) is 2.68. The molecule has 5 heteroatoms. The molecule has 0 aromatic heterocycles. The second kappa shape index (κ2) is 4.39. The van der Waals surface area contributed by atoms with Crippen LogP contribution in [0.4, 0.5) is 13.2 Å². The van der Waals surface area contributed by atoms with Crippen molar-refractivity contribution >= 4 is 5.78 Å². The number of hydrogen-bond donors (Lipinski definition) is 0. The Morgan fingerprint density at radius 3 is 2.12 bits per heavy atom. The van der Waals surface area contributed by atoms with Crippen molar-refractivity contribution < 1.29 is 22.7 Å². The van der Waals surface area contributed by atoms with Gasteiger partial charge in [0.05, 0.1) is 12.7 Å². The van der Waals surface area contributed by atoms with Gasteiger partial charge in [0.15, 0.2) is 0 Å². The molecule has 0 aliphatic heterocycles. The van der Waals surface area contributed by atoms with Gasteiger partial charge in [-0.2, -0.15) is 13.2 Å². The fraction of sp³-hybridized carbons (Fsp3) is 0.417. The topological polar surface area (TPSA) is 26.3 Å².